The van der Waals surface area contributed by atoms with Gasteiger partial charge in [0.2, 0.25) is 0 Å². The van der Waals surface area contributed by atoms with E-state index in [1.54, 1.807) is 12.1 Å². The van der Waals surface area contributed by atoms with Crippen molar-refractivity contribution in [1.29, 1.82) is 0 Å². The van der Waals surface area contributed by atoms with Gasteiger partial charge in [0.05, 0.1) is 5.56 Å². The number of carbonyl (C=O) groups is 1. The second-order valence-corrected chi connectivity index (χ2v) is 6.86. The fourth-order valence-corrected chi connectivity index (χ4v) is 3.82. The van der Waals surface area contributed by atoms with Gasteiger partial charge in [0.15, 0.2) is 0 Å². The van der Waals surface area contributed by atoms with Crippen LogP contribution >= 0.6 is 0 Å². The summed E-state index contributed by atoms with van der Waals surface area (Å²) in [6.07, 6.45) is 3.20. The van der Waals surface area contributed by atoms with Crippen molar-refractivity contribution in [3.63, 3.8) is 0 Å². The Morgan fingerprint density at radius 2 is 1.92 bits per heavy atom. The number of aromatic carboxylic acids is 1. The third-order valence-corrected chi connectivity index (χ3v) is 5.15. The lowest BCUT2D eigenvalue weighted by Crippen LogP contribution is -2.42. The molecule has 2 aromatic carbocycles. The van der Waals surface area contributed by atoms with E-state index in [2.05, 4.69) is 23.1 Å². The van der Waals surface area contributed by atoms with Gasteiger partial charge in [-0.1, -0.05) is 30.3 Å². The number of carboxylic acids is 1. The van der Waals surface area contributed by atoms with Crippen LogP contribution in [-0.4, -0.2) is 34.7 Å². The molecular weight excluding hydrogens is 302 g/mol. The van der Waals surface area contributed by atoms with Gasteiger partial charge in [-0.05, 0) is 42.2 Å². The van der Waals surface area contributed by atoms with E-state index < -0.39 is 5.97 Å². The first-order chi connectivity index (χ1) is 11.6. The van der Waals surface area contributed by atoms with Crippen molar-refractivity contribution in [1.82, 2.24) is 4.90 Å². The molecule has 1 atom stereocenters. The van der Waals surface area contributed by atoms with Crippen LogP contribution in [0.15, 0.2) is 48.5 Å². The van der Waals surface area contributed by atoms with E-state index in [0.29, 0.717) is 5.56 Å². The number of rotatable bonds is 3. The molecular formula is C20H21NO3. The Labute approximate surface area is 141 Å². The van der Waals surface area contributed by atoms with Gasteiger partial charge in [-0.15, -0.1) is 0 Å². The lowest BCUT2D eigenvalue weighted by Gasteiger charge is -2.35. The highest BCUT2D eigenvalue weighted by molar-refractivity contribution is 5.87. The summed E-state index contributed by atoms with van der Waals surface area (Å²) in [6.45, 7) is 2.79. The van der Waals surface area contributed by atoms with E-state index in [9.17, 15) is 4.79 Å². The van der Waals surface area contributed by atoms with Crippen molar-refractivity contribution in [3.8, 4) is 5.75 Å². The summed E-state index contributed by atoms with van der Waals surface area (Å²) in [4.78, 5) is 13.3. The predicted molar refractivity (Wildman–Crippen MR) is 91.4 cm³/mol. The highest BCUT2D eigenvalue weighted by atomic mass is 16.5. The Bertz CT molecular complexity index is 756. The zero-order valence-corrected chi connectivity index (χ0v) is 13.6. The first-order valence-electron chi connectivity index (χ1n) is 8.45. The molecule has 0 amide bonds. The molecule has 1 unspecified atom stereocenters. The molecule has 2 heterocycles. The Morgan fingerprint density at radius 1 is 1.12 bits per heavy atom. The first-order valence-corrected chi connectivity index (χ1v) is 8.45. The summed E-state index contributed by atoms with van der Waals surface area (Å²) in [7, 11) is 0. The minimum Gasteiger partial charge on any atom is -0.486 e. The van der Waals surface area contributed by atoms with E-state index in [4.69, 9.17) is 9.84 Å². The van der Waals surface area contributed by atoms with E-state index in [0.717, 1.165) is 50.2 Å². The number of nitrogens with zero attached hydrogens (tertiary/aromatic N) is 1. The second kappa shape index (κ2) is 5.95. The molecule has 0 saturated carbocycles. The first kappa shape index (κ1) is 15.2. The summed E-state index contributed by atoms with van der Waals surface area (Å²) < 4.78 is 6.38. The van der Waals surface area contributed by atoms with E-state index in [1.807, 2.05) is 18.2 Å². The maximum absolute atomic E-state index is 10.9. The number of aryl methyl sites for hydroxylation is 1. The Hall–Kier alpha value is -2.33. The van der Waals surface area contributed by atoms with E-state index in [1.165, 1.54) is 5.56 Å². The number of likely N-dealkylation sites (tertiary alicyclic amines) is 1. The van der Waals surface area contributed by atoms with Gasteiger partial charge in [-0.25, -0.2) is 4.79 Å². The highest BCUT2D eigenvalue weighted by Gasteiger charge is 2.42. The molecule has 1 fully saturated rings. The normalized spacial score (nSPS) is 23.0. The van der Waals surface area contributed by atoms with Gasteiger partial charge in [0.25, 0.3) is 0 Å². The van der Waals surface area contributed by atoms with E-state index >= 15 is 0 Å². The van der Waals surface area contributed by atoms with Gasteiger partial charge >= 0.3 is 5.97 Å². The summed E-state index contributed by atoms with van der Waals surface area (Å²) in [5.74, 6) is 0.160. The fourth-order valence-electron chi connectivity index (χ4n) is 3.82. The van der Waals surface area contributed by atoms with Gasteiger partial charge in [-0.3, -0.25) is 4.90 Å². The van der Waals surface area contributed by atoms with Crippen molar-refractivity contribution in [2.24, 2.45) is 0 Å². The van der Waals surface area contributed by atoms with Gasteiger partial charge in [0.1, 0.15) is 11.4 Å². The van der Waals surface area contributed by atoms with Crippen molar-refractivity contribution < 1.29 is 14.6 Å². The fraction of sp³-hybridized carbons (Fsp3) is 0.350. The molecule has 4 rings (SSSR count). The number of carboxylic acid groups (broad SMARTS) is 1. The molecule has 1 spiro atoms. The minimum atomic E-state index is -0.879. The van der Waals surface area contributed by atoms with Crippen LogP contribution in [0.2, 0.25) is 0 Å². The second-order valence-electron chi connectivity index (χ2n) is 6.86. The smallest absolute Gasteiger partial charge is 0.335 e. The number of fused-ring (bicyclic) bond motifs is 1. The molecule has 1 saturated heterocycles. The maximum atomic E-state index is 10.9. The van der Waals surface area contributed by atoms with Gasteiger partial charge in [-0.2, -0.15) is 0 Å². The molecule has 0 radical (unpaired) electrons. The quantitative estimate of drug-likeness (QED) is 0.941. The topological polar surface area (TPSA) is 49.8 Å². The van der Waals surface area contributed by atoms with Crippen LogP contribution in [0, 0.1) is 0 Å². The number of hydrogen-bond acceptors (Lipinski definition) is 3. The molecule has 1 N–H and O–H groups in total. The molecule has 124 valence electrons. The SMILES string of the molecule is O=C(O)c1ccc(CN2CCC3(CCc4ccccc4O3)C2)cc1. The van der Waals surface area contributed by atoms with Gasteiger partial charge in [0, 0.05) is 26.1 Å². The molecule has 0 aliphatic carbocycles. The zero-order chi connectivity index (χ0) is 16.6. The third-order valence-electron chi connectivity index (χ3n) is 5.15. The van der Waals surface area contributed by atoms with Crippen molar-refractivity contribution in [2.75, 3.05) is 13.1 Å². The molecule has 2 aromatic rings. The number of ether oxygens (including phenoxy) is 1. The summed E-state index contributed by atoms with van der Waals surface area (Å²) in [5.41, 5.74) is 2.73. The minimum absolute atomic E-state index is 0.0602. The highest BCUT2D eigenvalue weighted by Crippen LogP contribution is 2.38. The molecule has 4 nitrogen and oxygen atoms in total. The lowest BCUT2D eigenvalue weighted by molar-refractivity contribution is 0.0537. The Morgan fingerprint density at radius 3 is 2.71 bits per heavy atom. The van der Waals surface area contributed by atoms with Crippen molar-refractivity contribution in [3.05, 3.63) is 65.2 Å². The van der Waals surface area contributed by atoms with Crippen LogP contribution in [0.4, 0.5) is 0 Å². The predicted octanol–water partition coefficient (Wildman–Crippen LogP) is 3.35. The zero-order valence-electron chi connectivity index (χ0n) is 13.6. The number of hydrogen-bond donors (Lipinski definition) is 1. The van der Waals surface area contributed by atoms with Crippen LogP contribution < -0.4 is 4.74 Å². The van der Waals surface area contributed by atoms with E-state index in [-0.39, 0.29) is 5.60 Å². The third kappa shape index (κ3) is 2.89. The molecule has 0 bridgehead atoms. The van der Waals surface area contributed by atoms with Gasteiger partial charge < -0.3 is 9.84 Å². The average molecular weight is 323 g/mol. The van der Waals surface area contributed by atoms with Crippen LogP contribution in [0.25, 0.3) is 0 Å². The maximum Gasteiger partial charge on any atom is 0.335 e. The summed E-state index contributed by atoms with van der Waals surface area (Å²) in [5, 5.41) is 8.98. The Balaban J connectivity index is 1.43. The molecule has 0 aromatic heterocycles. The average Bonchev–Trinajstić information content (AvgIpc) is 2.97. The Kier molecular flexibility index (Phi) is 3.77. The van der Waals surface area contributed by atoms with Crippen LogP contribution in [-0.2, 0) is 13.0 Å². The van der Waals surface area contributed by atoms with Crippen LogP contribution in [0.5, 0.6) is 5.75 Å². The molecule has 2 aliphatic rings. The lowest BCUT2D eigenvalue weighted by atomic mass is 9.90. The summed E-state index contributed by atoms with van der Waals surface area (Å²) in [6, 6.07) is 15.5. The van der Waals surface area contributed by atoms with Crippen molar-refractivity contribution in [2.45, 2.75) is 31.4 Å². The molecule has 4 heteroatoms. The standard InChI is InChI=1S/C20H21NO3/c22-19(23)17-7-5-15(6-8-17)13-21-12-11-20(14-21)10-9-16-3-1-2-4-18(16)24-20/h1-8H,9-14H2,(H,22,23). The molecule has 2 aliphatic heterocycles. The molecule has 24 heavy (non-hydrogen) atoms. The monoisotopic (exact) mass is 323 g/mol. The summed E-state index contributed by atoms with van der Waals surface area (Å²) >= 11 is 0. The number of benzene rings is 2. The van der Waals surface area contributed by atoms with Crippen molar-refractivity contribution >= 4 is 5.97 Å². The van der Waals surface area contributed by atoms with Crippen LogP contribution in [0.3, 0.4) is 0 Å². The van der Waals surface area contributed by atoms with Crippen LogP contribution in [0.1, 0.15) is 34.3 Å². The largest absolute Gasteiger partial charge is 0.486 e. The number of para-hydroxylation sites is 1.